The fourth-order valence-corrected chi connectivity index (χ4v) is 6.54. The molecule has 1 amide bonds. The van der Waals surface area contributed by atoms with Crippen molar-refractivity contribution in [3.8, 4) is 0 Å². The summed E-state index contributed by atoms with van der Waals surface area (Å²) in [6.45, 7) is 8.30. The van der Waals surface area contributed by atoms with Crippen LogP contribution in [0.4, 0.5) is 5.88 Å². The van der Waals surface area contributed by atoms with Gasteiger partial charge in [-0.15, -0.1) is 0 Å². The van der Waals surface area contributed by atoms with Crippen LogP contribution in [-0.2, 0) is 30.1 Å². The van der Waals surface area contributed by atoms with E-state index in [0.29, 0.717) is 17.3 Å². The van der Waals surface area contributed by atoms with E-state index < -0.39 is 41.2 Å². The fraction of sp³-hybridized carbons (Fsp3) is 0.650. The fourth-order valence-electron chi connectivity index (χ4n) is 3.69. The average Bonchev–Trinajstić information content (AvgIpc) is 3.37. The Morgan fingerprint density at radius 1 is 1.15 bits per heavy atom. The van der Waals surface area contributed by atoms with Gasteiger partial charge in [-0.1, -0.05) is 5.16 Å². The summed E-state index contributed by atoms with van der Waals surface area (Å²) in [5.41, 5.74) is -0.217. The lowest BCUT2D eigenvalue weighted by Gasteiger charge is -2.34. The molecule has 0 saturated carbocycles. The number of aromatic nitrogens is 2. The summed E-state index contributed by atoms with van der Waals surface area (Å²) in [6.07, 6.45) is 2.94. The van der Waals surface area contributed by atoms with Crippen molar-refractivity contribution in [1.82, 2.24) is 14.4 Å². The standard InChI is InChI=1S/C20H30N4O7S2/c1-13-21-12-16(30-13)19(2,3)15-11-17(31-23-15)22-18(25)20(4,5)33(28,29)14-7-9-24(10-8-14)32(6,26)27/h11-12,14H,7-10H2,1-6H3,(H,22,25). The van der Waals surface area contributed by atoms with Gasteiger partial charge in [0.2, 0.25) is 21.8 Å². The van der Waals surface area contributed by atoms with Crippen LogP contribution in [0.2, 0.25) is 0 Å². The van der Waals surface area contributed by atoms with Crippen LogP contribution in [0.15, 0.2) is 21.2 Å². The third-order valence-corrected chi connectivity index (χ3v) is 10.5. The van der Waals surface area contributed by atoms with Crippen molar-refractivity contribution in [2.75, 3.05) is 24.7 Å². The minimum atomic E-state index is -3.93. The zero-order valence-electron chi connectivity index (χ0n) is 19.6. The van der Waals surface area contributed by atoms with Crippen LogP contribution in [0.25, 0.3) is 0 Å². The van der Waals surface area contributed by atoms with Crippen molar-refractivity contribution >= 4 is 31.7 Å². The second-order valence-corrected chi connectivity index (χ2v) is 14.1. The van der Waals surface area contributed by atoms with Crippen molar-refractivity contribution in [1.29, 1.82) is 0 Å². The van der Waals surface area contributed by atoms with E-state index in [1.165, 1.54) is 24.2 Å². The number of oxazole rings is 1. The number of hydrogen-bond acceptors (Lipinski definition) is 9. The Hall–Kier alpha value is -2.25. The molecule has 0 aliphatic carbocycles. The van der Waals surface area contributed by atoms with Crippen molar-refractivity contribution in [3.63, 3.8) is 0 Å². The molecular weight excluding hydrogens is 472 g/mol. The van der Waals surface area contributed by atoms with Crippen LogP contribution < -0.4 is 5.32 Å². The number of nitrogens with zero attached hydrogens (tertiary/aromatic N) is 3. The Bertz CT molecular complexity index is 1230. The van der Waals surface area contributed by atoms with Gasteiger partial charge in [0.1, 0.15) is 10.5 Å². The quantitative estimate of drug-likeness (QED) is 0.597. The summed E-state index contributed by atoms with van der Waals surface area (Å²) in [5, 5.41) is 5.69. The van der Waals surface area contributed by atoms with Gasteiger partial charge in [0.15, 0.2) is 15.7 Å². The van der Waals surface area contributed by atoms with Crippen LogP contribution in [-0.4, -0.2) is 66.5 Å². The van der Waals surface area contributed by atoms with Gasteiger partial charge in [0, 0.05) is 26.1 Å². The number of carbonyl (C=O) groups is 1. The summed E-state index contributed by atoms with van der Waals surface area (Å²) in [6, 6.07) is 1.52. The second-order valence-electron chi connectivity index (χ2n) is 9.32. The maximum Gasteiger partial charge on any atom is 0.247 e. The summed E-state index contributed by atoms with van der Waals surface area (Å²) in [4.78, 5) is 17.1. The first-order valence-electron chi connectivity index (χ1n) is 10.5. The highest BCUT2D eigenvalue weighted by atomic mass is 32.2. The van der Waals surface area contributed by atoms with Gasteiger partial charge >= 0.3 is 0 Å². The third-order valence-electron chi connectivity index (χ3n) is 6.19. The van der Waals surface area contributed by atoms with E-state index in [1.54, 1.807) is 13.1 Å². The van der Waals surface area contributed by atoms with Crippen molar-refractivity contribution < 1.29 is 30.6 Å². The van der Waals surface area contributed by atoms with Crippen LogP contribution >= 0.6 is 0 Å². The summed E-state index contributed by atoms with van der Waals surface area (Å²) in [7, 11) is -7.32. The number of sulfonamides is 1. The van der Waals surface area contributed by atoms with Crippen LogP contribution in [0, 0.1) is 6.92 Å². The SMILES string of the molecule is Cc1ncc(C(C)(C)c2cc(NC(=O)C(C)(C)S(=O)(=O)C3CCN(S(C)(=O)=O)CC3)on2)o1. The highest BCUT2D eigenvalue weighted by Crippen LogP contribution is 2.34. The second kappa shape index (κ2) is 8.51. The molecule has 0 spiro atoms. The van der Waals surface area contributed by atoms with Gasteiger partial charge < -0.3 is 8.94 Å². The molecular formula is C20H30N4O7S2. The molecule has 3 heterocycles. The third kappa shape index (κ3) is 4.85. The maximum absolute atomic E-state index is 13.3. The lowest BCUT2D eigenvalue weighted by atomic mass is 9.87. The molecule has 1 aliphatic rings. The molecule has 0 bridgehead atoms. The number of nitrogens with one attached hydrogen (secondary N) is 1. The number of rotatable bonds is 7. The Morgan fingerprint density at radius 2 is 1.76 bits per heavy atom. The molecule has 2 aromatic heterocycles. The van der Waals surface area contributed by atoms with Crippen molar-refractivity contribution in [2.45, 2.75) is 62.9 Å². The Balaban J connectivity index is 1.73. The zero-order chi connectivity index (χ0) is 24.8. The molecule has 184 valence electrons. The van der Waals surface area contributed by atoms with Gasteiger partial charge in [0.05, 0.1) is 28.8 Å². The predicted molar refractivity (Wildman–Crippen MR) is 121 cm³/mol. The number of hydrogen-bond donors (Lipinski definition) is 1. The van der Waals surface area contributed by atoms with Crippen molar-refractivity contribution in [2.24, 2.45) is 0 Å². The van der Waals surface area contributed by atoms with Gasteiger partial charge in [-0.2, -0.15) is 0 Å². The number of sulfone groups is 1. The highest BCUT2D eigenvalue weighted by Gasteiger charge is 2.48. The highest BCUT2D eigenvalue weighted by molar-refractivity contribution is 7.94. The number of amides is 1. The molecule has 0 unspecified atom stereocenters. The molecule has 1 aliphatic heterocycles. The average molecular weight is 503 g/mol. The first kappa shape index (κ1) is 25.4. The minimum absolute atomic E-state index is 0.00878. The number of piperidine rings is 1. The van der Waals surface area contributed by atoms with Gasteiger partial charge in [-0.3, -0.25) is 10.1 Å². The van der Waals surface area contributed by atoms with E-state index in [2.05, 4.69) is 15.5 Å². The largest absolute Gasteiger partial charge is 0.445 e. The normalized spacial score (nSPS) is 17.3. The van der Waals surface area contributed by atoms with Crippen LogP contribution in [0.1, 0.15) is 57.9 Å². The molecule has 11 nitrogen and oxygen atoms in total. The van der Waals surface area contributed by atoms with E-state index in [9.17, 15) is 21.6 Å². The van der Waals surface area contributed by atoms with E-state index in [4.69, 9.17) is 8.94 Å². The molecule has 0 atom stereocenters. The summed E-state index contributed by atoms with van der Waals surface area (Å²) in [5.74, 6) is 0.317. The molecule has 0 aromatic carbocycles. The molecule has 3 rings (SSSR count). The predicted octanol–water partition coefficient (Wildman–Crippen LogP) is 1.85. The Labute approximate surface area is 193 Å². The Kier molecular flexibility index (Phi) is 6.54. The number of carbonyl (C=O) groups excluding carboxylic acids is 1. The smallest absolute Gasteiger partial charge is 0.247 e. The first-order valence-corrected chi connectivity index (χ1v) is 13.9. The number of anilines is 1. The maximum atomic E-state index is 13.3. The number of aryl methyl sites for hydroxylation is 1. The minimum Gasteiger partial charge on any atom is -0.445 e. The molecule has 0 radical (unpaired) electrons. The monoisotopic (exact) mass is 502 g/mol. The Morgan fingerprint density at radius 3 is 2.27 bits per heavy atom. The van der Waals surface area contributed by atoms with E-state index in [0.717, 1.165) is 6.26 Å². The zero-order valence-corrected chi connectivity index (χ0v) is 21.2. The molecule has 1 saturated heterocycles. The molecule has 1 fully saturated rings. The topological polar surface area (TPSA) is 153 Å². The first-order chi connectivity index (χ1) is 15.1. The lowest BCUT2D eigenvalue weighted by Crippen LogP contribution is -2.52. The molecule has 33 heavy (non-hydrogen) atoms. The molecule has 2 aromatic rings. The summed E-state index contributed by atoms with van der Waals surface area (Å²) >= 11 is 0. The van der Waals surface area contributed by atoms with E-state index >= 15 is 0 Å². The van der Waals surface area contributed by atoms with Crippen molar-refractivity contribution in [3.05, 3.63) is 29.6 Å². The lowest BCUT2D eigenvalue weighted by molar-refractivity contribution is -0.118. The van der Waals surface area contributed by atoms with Gasteiger partial charge in [-0.25, -0.2) is 26.1 Å². The molecule has 1 N–H and O–H groups in total. The van der Waals surface area contributed by atoms with Crippen LogP contribution in [0.3, 0.4) is 0 Å². The van der Waals surface area contributed by atoms with Gasteiger partial charge in [-0.05, 0) is 40.5 Å². The van der Waals surface area contributed by atoms with E-state index in [-0.39, 0.29) is 31.8 Å². The molecule has 13 heteroatoms. The van der Waals surface area contributed by atoms with E-state index in [1.807, 2.05) is 13.8 Å². The summed E-state index contributed by atoms with van der Waals surface area (Å²) < 4.78 is 60.2. The van der Waals surface area contributed by atoms with Crippen LogP contribution in [0.5, 0.6) is 0 Å². The van der Waals surface area contributed by atoms with Gasteiger partial charge in [0.25, 0.3) is 0 Å².